The van der Waals surface area contributed by atoms with Crippen molar-refractivity contribution in [2.75, 3.05) is 0 Å². The van der Waals surface area contributed by atoms with Crippen molar-refractivity contribution in [1.82, 2.24) is 0 Å². The van der Waals surface area contributed by atoms with Gasteiger partial charge in [0.2, 0.25) is 0 Å². The predicted octanol–water partition coefficient (Wildman–Crippen LogP) is 11.3. The summed E-state index contributed by atoms with van der Waals surface area (Å²) in [6.45, 7) is 16.3. The van der Waals surface area contributed by atoms with Crippen LogP contribution in [0.5, 0.6) is 0 Å². The maximum absolute atomic E-state index is 2.47. The third kappa shape index (κ3) is 7.01. The third-order valence-electron chi connectivity index (χ3n) is 9.87. The molecule has 0 amide bonds. The first-order valence-electron chi connectivity index (χ1n) is 17.2. The molecule has 2 radical (unpaired) electrons. The van der Waals surface area contributed by atoms with Crippen LogP contribution in [0, 0.1) is 0 Å². The summed E-state index contributed by atoms with van der Waals surface area (Å²) in [5, 5.41) is 11.0. The second-order valence-electron chi connectivity index (χ2n) is 15.4. The van der Waals surface area contributed by atoms with E-state index in [4.69, 9.17) is 0 Å². The molecule has 0 fully saturated rings. The molecular formula is C47H45SiZr-. The summed E-state index contributed by atoms with van der Waals surface area (Å²) in [6.07, 6.45) is 2.44. The molecule has 1 atom stereocenters. The van der Waals surface area contributed by atoms with Crippen LogP contribution < -0.4 is 10.4 Å². The SMILES string of the molecule is CC1=Cc2c(ccc3ccccc23)C1c1c(C(C)(C)C)ccc2c1[cH-]c1cc(C(C)(C)C)ccc12.[Zr].c1ccc([Si]c2ccccc2)cc1. The van der Waals surface area contributed by atoms with Crippen LogP contribution in [0.25, 0.3) is 38.4 Å². The van der Waals surface area contributed by atoms with Crippen LogP contribution >= 0.6 is 0 Å². The van der Waals surface area contributed by atoms with Crippen molar-refractivity contribution in [1.29, 1.82) is 0 Å². The number of fused-ring (bicyclic) bond motifs is 6. The van der Waals surface area contributed by atoms with E-state index in [9.17, 15) is 0 Å². The van der Waals surface area contributed by atoms with Crippen LogP contribution in [0.2, 0.25) is 0 Å². The molecule has 1 aliphatic rings. The van der Waals surface area contributed by atoms with Gasteiger partial charge < -0.3 is 0 Å². The number of hydrogen-bond donors (Lipinski definition) is 0. The zero-order valence-electron chi connectivity index (χ0n) is 29.9. The minimum Gasteiger partial charge on any atom is -0.126 e. The van der Waals surface area contributed by atoms with Gasteiger partial charge in [-0.3, -0.25) is 0 Å². The van der Waals surface area contributed by atoms with Crippen LogP contribution in [-0.4, -0.2) is 9.52 Å². The van der Waals surface area contributed by atoms with Crippen molar-refractivity contribution < 1.29 is 26.2 Å². The van der Waals surface area contributed by atoms with Crippen molar-refractivity contribution in [3.05, 3.63) is 167 Å². The summed E-state index contributed by atoms with van der Waals surface area (Å²) in [5.74, 6) is 0.284. The van der Waals surface area contributed by atoms with Gasteiger partial charge in [-0.05, 0) is 39.7 Å². The van der Waals surface area contributed by atoms with Gasteiger partial charge in [0.1, 0.15) is 9.52 Å². The quantitative estimate of drug-likeness (QED) is 0.126. The molecule has 0 saturated carbocycles. The van der Waals surface area contributed by atoms with Crippen molar-refractivity contribution in [3.63, 3.8) is 0 Å². The van der Waals surface area contributed by atoms with Gasteiger partial charge in [0, 0.05) is 32.1 Å². The van der Waals surface area contributed by atoms with Gasteiger partial charge in [-0.2, -0.15) is 0 Å². The van der Waals surface area contributed by atoms with Gasteiger partial charge in [0.05, 0.1) is 0 Å². The van der Waals surface area contributed by atoms with Gasteiger partial charge in [-0.25, -0.2) is 0 Å². The Morgan fingerprint density at radius 1 is 0.592 bits per heavy atom. The first-order chi connectivity index (χ1) is 23.0. The number of allylic oxidation sites excluding steroid dienone is 1. The maximum Gasteiger partial charge on any atom is 0.121 e. The molecule has 0 saturated heterocycles. The summed E-state index contributed by atoms with van der Waals surface area (Å²) in [6, 6.07) is 49.0. The molecule has 7 aromatic carbocycles. The molecule has 8 rings (SSSR count). The van der Waals surface area contributed by atoms with Crippen LogP contribution in [0.1, 0.15) is 82.2 Å². The minimum atomic E-state index is 0. The van der Waals surface area contributed by atoms with E-state index in [1.165, 1.54) is 76.1 Å². The molecule has 242 valence electrons. The van der Waals surface area contributed by atoms with E-state index in [-0.39, 0.29) is 43.0 Å². The number of rotatable bonds is 3. The van der Waals surface area contributed by atoms with Gasteiger partial charge in [-0.15, -0.1) is 33.7 Å². The van der Waals surface area contributed by atoms with Gasteiger partial charge in [0.15, 0.2) is 0 Å². The number of hydrogen-bond acceptors (Lipinski definition) is 0. The second kappa shape index (κ2) is 13.9. The van der Waals surface area contributed by atoms with Gasteiger partial charge in [0.25, 0.3) is 0 Å². The van der Waals surface area contributed by atoms with E-state index >= 15 is 0 Å². The molecular weight excluding hydrogens is 684 g/mol. The molecule has 1 aliphatic carbocycles. The van der Waals surface area contributed by atoms with E-state index in [2.05, 4.69) is 188 Å². The summed E-state index contributed by atoms with van der Waals surface area (Å²) >= 11 is 0. The molecule has 0 aromatic heterocycles. The van der Waals surface area contributed by atoms with Crippen LogP contribution in [-0.2, 0) is 37.0 Å². The summed E-state index contributed by atoms with van der Waals surface area (Å²) in [4.78, 5) is 0. The molecule has 0 aliphatic heterocycles. The smallest absolute Gasteiger partial charge is 0.121 e. The molecule has 0 N–H and O–H groups in total. The molecule has 0 spiro atoms. The van der Waals surface area contributed by atoms with Gasteiger partial charge >= 0.3 is 0 Å². The predicted molar refractivity (Wildman–Crippen MR) is 212 cm³/mol. The monoisotopic (exact) mass is 727 g/mol. The van der Waals surface area contributed by atoms with E-state index < -0.39 is 0 Å². The van der Waals surface area contributed by atoms with Crippen LogP contribution in [0.3, 0.4) is 0 Å². The first kappa shape index (κ1) is 35.1. The average molecular weight is 729 g/mol. The number of benzene rings is 6. The Balaban J connectivity index is 0.000000250. The first-order valence-corrected chi connectivity index (χ1v) is 18.2. The van der Waals surface area contributed by atoms with E-state index in [0.29, 0.717) is 0 Å². The Kier molecular flexibility index (Phi) is 9.96. The maximum atomic E-state index is 2.47. The zero-order chi connectivity index (χ0) is 33.6. The zero-order valence-corrected chi connectivity index (χ0v) is 33.3. The normalized spacial score (nSPS) is 14.3. The Morgan fingerprint density at radius 2 is 1.20 bits per heavy atom. The summed E-state index contributed by atoms with van der Waals surface area (Å²) in [5.41, 5.74) is 8.82. The molecule has 0 heterocycles. The van der Waals surface area contributed by atoms with E-state index in [1.54, 1.807) is 0 Å². The molecule has 1 unspecified atom stereocenters. The fourth-order valence-electron chi connectivity index (χ4n) is 7.42. The molecule has 49 heavy (non-hydrogen) atoms. The molecule has 2 heteroatoms. The second-order valence-corrected chi connectivity index (χ2v) is 16.8. The van der Waals surface area contributed by atoms with E-state index in [1.807, 2.05) is 0 Å². The Bertz CT molecular complexity index is 2240. The fraction of sp³-hybridized carbons (Fsp3) is 0.213. The van der Waals surface area contributed by atoms with Crippen molar-refractivity contribution in [2.45, 2.75) is 65.2 Å². The minimum absolute atomic E-state index is 0. The molecule has 0 bridgehead atoms. The fourth-order valence-corrected chi connectivity index (χ4v) is 8.47. The molecule has 7 aromatic rings. The third-order valence-corrected chi connectivity index (χ3v) is 11.1. The van der Waals surface area contributed by atoms with Crippen molar-refractivity contribution in [2.24, 2.45) is 0 Å². The standard InChI is InChI=1S/C35H35.C12H10Si.Zr/c1-21-18-29-25-11-9-8-10-22(25)12-14-28(29)32(21)33-30-20-23-19-24(34(2,3)4)13-15-26(23)27(30)16-17-31(33)35(5,6)7;1-3-7-11(8-4-1)13-12-9-5-2-6-10-12;/h8-20,32H,1-7H3;1-10H;/q-1;;. The van der Waals surface area contributed by atoms with Gasteiger partial charge in [-0.1, -0.05) is 202 Å². The van der Waals surface area contributed by atoms with Crippen LogP contribution in [0.15, 0.2) is 139 Å². The Morgan fingerprint density at radius 3 is 1.84 bits per heavy atom. The Hall–Kier alpha value is -3.71. The molecule has 0 nitrogen and oxygen atoms in total. The Labute approximate surface area is 314 Å². The largest absolute Gasteiger partial charge is 0.126 e. The topological polar surface area (TPSA) is 0 Å². The average Bonchev–Trinajstić information content (AvgIpc) is 3.61. The summed E-state index contributed by atoms with van der Waals surface area (Å²) in [7, 11) is 0.777. The van der Waals surface area contributed by atoms with E-state index in [0.717, 1.165) is 9.52 Å². The van der Waals surface area contributed by atoms with Crippen LogP contribution in [0.4, 0.5) is 0 Å². The summed E-state index contributed by atoms with van der Waals surface area (Å²) < 4.78 is 0. The van der Waals surface area contributed by atoms with Crippen molar-refractivity contribution >= 4 is 58.3 Å². The van der Waals surface area contributed by atoms with Crippen molar-refractivity contribution in [3.8, 4) is 0 Å².